The maximum Gasteiger partial charge on any atom is 0.123 e. The van der Waals surface area contributed by atoms with Crippen molar-refractivity contribution in [3.63, 3.8) is 0 Å². The molecule has 3 heteroatoms. The molecule has 1 N–H and O–H groups in total. The maximum atomic E-state index is 13.4. The second-order valence-electron chi connectivity index (χ2n) is 6.92. The van der Waals surface area contributed by atoms with E-state index in [2.05, 4.69) is 24.8 Å². The van der Waals surface area contributed by atoms with Crippen LogP contribution in [0.3, 0.4) is 0 Å². The lowest BCUT2D eigenvalue weighted by Crippen LogP contribution is -2.36. The highest BCUT2D eigenvalue weighted by molar-refractivity contribution is 5.43. The maximum absolute atomic E-state index is 13.4. The predicted molar refractivity (Wildman–Crippen MR) is 95.7 cm³/mol. The molecule has 0 aromatic heterocycles. The van der Waals surface area contributed by atoms with Crippen LogP contribution in [-0.2, 0) is 6.42 Å². The summed E-state index contributed by atoms with van der Waals surface area (Å²) in [4.78, 5) is 2.41. The SMILES string of the molecule is CCc1ccc(C(c2ccc(F)cc2)N2CCC(C)CC2)c(O)c1. The summed E-state index contributed by atoms with van der Waals surface area (Å²) in [5, 5.41) is 10.6. The first-order valence-corrected chi connectivity index (χ1v) is 8.89. The van der Waals surface area contributed by atoms with Crippen molar-refractivity contribution in [2.45, 2.75) is 39.2 Å². The predicted octanol–water partition coefficient (Wildman–Crippen LogP) is 4.92. The highest BCUT2D eigenvalue weighted by Gasteiger charge is 2.27. The summed E-state index contributed by atoms with van der Waals surface area (Å²) in [6, 6.07) is 12.6. The smallest absolute Gasteiger partial charge is 0.123 e. The van der Waals surface area contributed by atoms with E-state index in [0.717, 1.165) is 55.0 Å². The van der Waals surface area contributed by atoms with Crippen molar-refractivity contribution in [1.82, 2.24) is 4.90 Å². The molecule has 24 heavy (non-hydrogen) atoms. The average Bonchev–Trinajstić information content (AvgIpc) is 2.59. The minimum absolute atomic E-state index is 0.0241. The molecule has 1 heterocycles. The topological polar surface area (TPSA) is 23.5 Å². The summed E-state index contributed by atoms with van der Waals surface area (Å²) in [6.07, 6.45) is 3.22. The molecule has 0 spiro atoms. The molecule has 1 fully saturated rings. The number of halogens is 1. The fourth-order valence-corrected chi connectivity index (χ4v) is 3.56. The van der Waals surface area contributed by atoms with Gasteiger partial charge in [0.05, 0.1) is 6.04 Å². The Morgan fingerprint density at radius 3 is 2.38 bits per heavy atom. The van der Waals surface area contributed by atoms with Crippen molar-refractivity contribution in [2.75, 3.05) is 13.1 Å². The molecule has 0 amide bonds. The lowest BCUT2D eigenvalue weighted by atomic mass is 9.91. The molecule has 3 rings (SSSR count). The Morgan fingerprint density at radius 1 is 1.12 bits per heavy atom. The number of phenols is 1. The Bertz CT molecular complexity index is 675. The fraction of sp³-hybridized carbons (Fsp3) is 0.429. The van der Waals surface area contributed by atoms with Gasteiger partial charge in [-0.2, -0.15) is 0 Å². The second-order valence-corrected chi connectivity index (χ2v) is 6.92. The number of benzene rings is 2. The van der Waals surface area contributed by atoms with Crippen LogP contribution in [-0.4, -0.2) is 23.1 Å². The van der Waals surface area contributed by atoms with Gasteiger partial charge in [0.1, 0.15) is 11.6 Å². The minimum Gasteiger partial charge on any atom is -0.508 e. The first kappa shape index (κ1) is 17.0. The number of aromatic hydroxyl groups is 1. The third-order valence-electron chi connectivity index (χ3n) is 5.17. The third-order valence-corrected chi connectivity index (χ3v) is 5.17. The number of rotatable bonds is 4. The van der Waals surface area contributed by atoms with Crippen LogP contribution in [0.2, 0.25) is 0 Å². The molecule has 0 saturated carbocycles. The van der Waals surface area contributed by atoms with Gasteiger partial charge in [-0.1, -0.05) is 38.1 Å². The van der Waals surface area contributed by atoms with Gasteiger partial charge in [0, 0.05) is 5.56 Å². The molecule has 2 nitrogen and oxygen atoms in total. The van der Waals surface area contributed by atoms with E-state index in [9.17, 15) is 9.50 Å². The molecule has 1 aliphatic rings. The summed E-state index contributed by atoms with van der Waals surface area (Å²) in [5.74, 6) is 0.851. The van der Waals surface area contributed by atoms with Crippen LogP contribution in [0, 0.1) is 11.7 Å². The van der Waals surface area contributed by atoms with Crippen LogP contribution in [0.1, 0.15) is 49.4 Å². The number of piperidine rings is 1. The number of nitrogens with zero attached hydrogens (tertiary/aromatic N) is 1. The summed E-state index contributed by atoms with van der Waals surface area (Å²) in [6.45, 7) is 6.37. The van der Waals surface area contributed by atoms with E-state index in [4.69, 9.17) is 0 Å². The average molecular weight is 327 g/mol. The van der Waals surface area contributed by atoms with Gasteiger partial charge in [-0.25, -0.2) is 4.39 Å². The highest BCUT2D eigenvalue weighted by atomic mass is 19.1. The first-order chi connectivity index (χ1) is 11.6. The van der Waals surface area contributed by atoms with Crippen molar-refractivity contribution in [1.29, 1.82) is 0 Å². The normalized spacial score (nSPS) is 17.8. The van der Waals surface area contributed by atoms with Gasteiger partial charge in [-0.15, -0.1) is 0 Å². The molecule has 0 radical (unpaired) electrons. The van der Waals surface area contributed by atoms with E-state index >= 15 is 0 Å². The lowest BCUT2D eigenvalue weighted by Gasteiger charge is -2.37. The van der Waals surface area contributed by atoms with E-state index < -0.39 is 0 Å². The Hall–Kier alpha value is -1.87. The fourth-order valence-electron chi connectivity index (χ4n) is 3.56. The first-order valence-electron chi connectivity index (χ1n) is 8.89. The highest BCUT2D eigenvalue weighted by Crippen LogP contribution is 2.37. The minimum atomic E-state index is -0.227. The van der Waals surface area contributed by atoms with Gasteiger partial charge in [0.2, 0.25) is 0 Å². The largest absolute Gasteiger partial charge is 0.508 e. The van der Waals surface area contributed by atoms with Crippen molar-refractivity contribution < 1.29 is 9.50 Å². The van der Waals surface area contributed by atoms with Gasteiger partial charge in [-0.05, 0) is 67.6 Å². The molecule has 1 saturated heterocycles. The molecule has 1 atom stereocenters. The van der Waals surface area contributed by atoms with Gasteiger partial charge < -0.3 is 5.11 Å². The monoisotopic (exact) mass is 327 g/mol. The molecule has 0 aliphatic carbocycles. The van der Waals surface area contributed by atoms with Gasteiger partial charge in [-0.3, -0.25) is 4.90 Å². The quantitative estimate of drug-likeness (QED) is 0.862. The molecule has 2 aromatic rings. The zero-order valence-corrected chi connectivity index (χ0v) is 14.5. The van der Waals surface area contributed by atoms with Crippen LogP contribution >= 0.6 is 0 Å². The summed E-state index contributed by atoms with van der Waals surface area (Å²) in [5.41, 5.74) is 3.07. The van der Waals surface area contributed by atoms with Crippen LogP contribution in [0.25, 0.3) is 0 Å². The molecule has 128 valence electrons. The summed E-state index contributed by atoms with van der Waals surface area (Å²) in [7, 11) is 0. The van der Waals surface area contributed by atoms with E-state index in [1.807, 2.05) is 24.3 Å². The Kier molecular flexibility index (Phi) is 5.20. The Balaban J connectivity index is 1.99. The van der Waals surface area contributed by atoms with Crippen molar-refractivity contribution in [2.24, 2.45) is 5.92 Å². The van der Waals surface area contributed by atoms with Gasteiger partial charge >= 0.3 is 0 Å². The Morgan fingerprint density at radius 2 is 1.79 bits per heavy atom. The van der Waals surface area contributed by atoms with Crippen molar-refractivity contribution in [3.05, 3.63) is 65.0 Å². The van der Waals surface area contributed by atoms with Crippen LogP contribution in [0.4, 0.5) is 4.39 Å². The van der Waals surface area contributed by atoms with Crippen molar-refractivity contribution in [3.8, 4) is 5.75 Å². The molecular weight excluding hydrogens is 301 g/mol. The third kappa shape index (κ3) is 3.62. The number of hydrogen-bond acceptors (Lipinski definition) is 2. The van der Waals surface area contributed by atoms with E-state index in [-0.39, 0.29) is 11.9 Å². The van der Waals surface area contributed by atoms with E-state index in [1.54, 1.807) is 0 Å². The lowest BCUT2D eigenvalue weighted by molar-refractivity contribution is 0.156. The standard InChI is InChI=1S/C21H26FNO/c1-3-16-4-9-19(20(24)14-16)21(17-5-7-18(22)8-6-17)23-12-10-15(2)11-13-23/h4-9,14-15,21,24H,3,10-13H2,1-2H3. The molecular formula is C21H26FNO. The van der Waals surface area contributed by atoms with E-state index in [0.29, 0.717) is 5.75 Å². The van der Waals surface area contributed by atoms with Crippen molar-refractivity contribution >= 4 is 0 Å². The van der Waals surface area contributed by atoms with Crippen LogP contribution in [0.15, 0.2) is 42.5 Å². The number of phenolic OH excluding ortho intramolecular Hbond substituents is 1. The Labute approximate surface area is 143 Å². The van der Waals surface area contributed by atoms with Gasteiger partial charge in [0.15, 0.2) is 0 Å². The molecule has 1 unspecified atom stereocenters. The number of hydrogen-bond donors (Lipinski definition) is 1. The molecule has 1 aliphatic heterocycles. The van der Waals surface area contributed by atoms with Crippen LogP contribution in [0.5, 0.6) is 5.75 Å². The van der Waals surface area contributed by atoms with Crippen LogP contribution < -0.4 is 0 Å². The second kappa shape index (κ2) is 7.35. The number of likely N-dealkylation sites (tertiary alicyclic amines) is 1. The van der Waals surface area contributed by atoms with Gasteiger partial charge in [0.25, 0.3) is 0 Å². The summed E-state index contributed by atoms with van der Waals surface area (Å²) >= 11 is 0. The number of aryl methyl sites for hydroxylation is 1. The summed E-state index contributed by atoms with van der Waals surface area (Å²) < 4.78 is 13.4. The zero-order valence-electron chi connectivity index (χ0n) is 14.5. The zero-order chi connectivity index (χ0) is 17.1. The van der Waals surface area contributed by atoms with E-state index in [1.165, 1.54) is 12.1 Å². The molecule has 0 bridgehead atoms. The molecule has 2 aromatic carbocycles.